The van der Waals surface area contributed by atoms with E-state index in [1.807, 2.05) is 37.3 Å². The molecule has 18 heavy (non-hydrogen) atoms. The first-order valence-corrected chi connectivity index (χ1v) is 7.02. The average Bonchev–Trinajstić information content (AvgIpc) is 2.38. The Morgan fingerprint density at radius 2 is 1.67 bits per heavy atom. The number of nitrogens with zero attached hydrogens (tertiary/aromatic N) is 1. The quantitative estimate of drug-likeness (QED) is 0.772. The lowest BCUT2D eigenvalue weighted by molar-refractivity contribution is 0.635. The van der Waals surface area contributed by atoms with Crippen molar-refractivity contribution in [3.63, 3.8) is 0 Å². The third-order valence-corrected chi connectivity index (χ3v) is 3.88. The van der Waals surface area contributed by atoms with E-state index in [1.54, 1.807) is 12.1 Å². The number of hydrogen-bond acceptors (Lipinski definition) is 2. The molecule has 1 unspecified atom stereocenters. The highest BCUT2D eigenvalue weighted by Gasteiger charge is 2.09. The van der Waals surface area contributed by atoms with E-state index in [2.05, 4.69) is 4.36 Å². The van der Waals surface area contributed by atoms with Gasteiger partial charge in [0.25, 0.3) is 0 Å². The van der Waals surface area contributed by atoms with Crippen molar-refractivity contribution in [2.75, 3.05) is 0 Å². The Hall–Kier alpha value is -1.68. The van der Waals surface area contributed by atoms with E-state index >= 15 is 0 Å². The number of hydrogen-bond donors (Lipinski definition) is 0. The Labute approximate surface area is 107 Å². The second-order valence-electron chi connectivity index (χ2n) is 4.04. The standard InChI is InChI=1S/C14H14FNOS/c1-12-7-9-14(10-8-12)18(15,17)16-11-13-5-3-2-4-6-13/h2-10H,11H2,1H3. The van der Waals surface area contributed by atoms with Crippen LogP contribution < -0.4 is 0 Å². The second kappa shape index (κ2) is 5.31. The van der Waals surface area contributed by atoms with Crippen LogP contribution in [0.3, 0.4) is 0 Å². The van der Waals surface area contributed by atoms with Crippen molar-refractivity contribution in [3.05, 3.63) is 65.7 Å². The highest BCUT2D eigenvalue weighted by molar-refractivity contribution is 7.88. The van der Waals surface area contributed by atoms with Crippen LogP contribution >= 0.6 is 0 Å². The van der Waals surface area contributed by atoms with Crippen LogP contribution in [0.15, 0.2) is 63.9 Å². The number of benzene rings is 2. The highest BCUT2D eigenvalue weighted by atomic mass is 32.3. The van der Waals surface area contributed by atoms with Crippen molar-refractivity contribution in [2.45, 2.75) is 18.4 Å². The topological polar surface area (TPSA) is 29.4 Å². The van der Waals surface area contributed by atoms with Gasteiger partial charge in [0.2, 0.25) is 10.1 Å². The molecule has 0 heterocycles. The summed E-state index contributed by atoms with van der Waals surface area (Å²) >= 11 is 0. The minimum Gasteiger partial charge on any atom is -0.211 e. The van der Waals surface area contributed by atoms with Crippen molar-refractivity contribution in [2.24, 2.45) is 4.36 Å². The molecule has 0 aliphatic rings. The molecular formula is C14H14FNOS. The van der Waals surface area contributed by atoms with Crippen molar-refractivity contribution in [3.8, 4) is 0 Å². The van der Waals surface area contributed by atoms with Gasteiger partial charge in [-0.05, 0) is 24.6 Å². The van der Waals surface area contributed by atoms with Gasteiger partial charge in [0.15, 0.2) is 0 Å². The molecule has 2 rings (SSSR count). The molecule has 0 aliphatic heterocycles. The third-order valence-electron chi connectivity index (χ3n) is 2.57. The van der Waals surface area contributed by atoms with E-state index in [0.717, 1.165) is 11.1 Å². The minimum atomic E-state index is -3.80. The first-order chi connectivity index (χ1) is 8.58. The maximum absolute atomic E-state index is 14.0. The van der Waals surface area contributed by atoms with Gasteiger partial charge < -0.3 is 0 Å². The second-order valence-corrected chi connectivity index (χ2v) is 5.69. The summed E-state index contributed by atoms with van der Waals surface area (Å²) < 4.78 is 29.5. The normalized spacial score (nSPS) is 13.9. The Kier molecular flexibility index (Phi) is 3.77. The summed E-state index contributed by atoms with van der Waals surface area (Å²) in [5, 5.41) is 0. The first-order valence-electron chi connectivity index (χ1n) is 5.61. The van der Waals surface area contributed by atoms with Gasteiger partial charge in [-0.3, -0.25) is 0 Å². The maximum Gasteiger partial charge on any atom is 0.231 e. The fourth-order valence-electron chi connectivity index (χ4n) is 1.52. The molecule has 0 fully saturated rings. The third kappa shape index (κ3) is 3.17. The fraction of sp³-hybridized carbons (Fsp3) is 0.143. The molecule has 2 aromatic carbocycles. The number of halogens is 1. The van der Waals surface area contributed by atoms with Gasteiger partial charge in [-0.25, -0.2) is 8.57 Å². The molecule has 94 valence electrons. The SMILES string of the molecule is Cc1ccc(S(=O)(F)=NCc2ccccc2)cc1. The molecule has 0 spiro atoms. The van der Waals surface area contributed by atoms with Crippen LogP contribution in [0, 0.1) is 6.92 Å². The lowest BCUT2D eigenvalue weighted by Gasteiger charge is -2.01. The summed E-state index contributed by atoms with van der Waals surface area (Å²) in [6.45, 7) is 2.01. The molecule has 1 atom stereocenters. The van der Waals surface area contributed by atoms with Gasteiger partial charge in [0.1, 0.15) is 0 Å². The lowest BCUT2D eigenvalue weighted by atomic mass is 10.2. The van der Waals surface area contributed by atoms with E-state index in [1.165, 1.54) is 12.1 Å². The molecule has 2 aromatic rings. The van der Waals surface area contributed by atoms with E-state index in [9.17, 15) is 8.09 Å². The average molecular weight is 263 g/mol. The zero-order valence-corrected chi connectivity index (χ0v) is 10.9. The molecule has 2 nitrogen and oxygen atoms in total. The largest absolute Gasteiger partial charge is 0.231 e. The van der Waals surface area contributed by atoms with Crippen LogP contribution in [-0.2, 0) is 16.7 Å². The highest BCUT2D eigenvalue weighted by Crippen LogP contribution is 2.17. The molecule has 0 saturated carbocycles. The summed E-state index contributed by atoms with van der Waals surface area (Å²) in [7, 11) is -3.80. The van der Waals surface area contributed by atoms with Crippen LogP contribution in [0.1, 0.15) is 11.1 Å². The summed E-state index contributed by atoms with van der Waals surface area (Å²) in [5.74, 6) is 0. The summed E-state index contributed by atoms with van der Waals surface area (Å²) in [5.41, 5.74) is 1.84. The summed E-state index contributed by atoms with van der Waals surface area (Å²) in [4.78, 5) is 0.129. The van der Waals surface area contributed by atoms with Crippen molar-refractivity contribution < 1.29 is 8.09 Å². The molecule has 4 heteroatoms. The van der Waals surface area contributed by atoms with Crippen LogP contribution in [-0.4, -0.2) is 4.21 Å². The first kappa shape index (κ1) is 12.8. The molecule has 0 aliphatic carbocycles. The summed E-state index contributed by atoms with van der Waals surface area (Å²) in [6.07, 6.45) is 0. The predicted molar refractivity (Wildman–Crippen MR) is 71.3 cm³/mol. The number of rotatable bonds is 3. The fourth-order valence-corrected chi connectivity index (χ4v) is 2.46. The van der Waals surface area contributed by atoms with Crippen LogP contribution in [0.5, 0.6) is 0 Å². The monoisotopic (exact) mass is 263 g/mol. The zero-order valence-electron chi connectivity index (χ0n) is 10.0. The Bertz CT molecular complexity index is 629. The molecule has 0 radical (unpaired) electrons. The Morgan fingerprint density at radius 3 is 2.28 bits per heavy atom. The summed E-state index contributed by atoms with van der Waals surface area (Å²) in [6, 6.07) is 15.7. The number of aryl methyl sites for hydroxylation is 1. The minimum absolute atomic E-state index is 0.115. The molecule has 0 N–H and O–H groups in total. The maximum atomic E-state index is 14.0. The van der Waals surface area contributed by atoms with E-state index < -0.39 is 10.1 Å². The Balaban J connectivity index is 2.26. The van der Waals surface area contributed by atoms with Gasteiger partial charge in [0, 0.05) is 0 Å². The molecule has 0 saturated heterocycles. The van der Waals surface area contributed by atoms with Crippen molar-refractivity contribution in [1.29, 1.82) is 0 Å². The Morgan fingerprint density at radius 1 is 1.06 bits per heavy atom. The van der Waals surface area contributed by atoms with Crippen molar-refractivity contribution in [1.82, 2.24) is 0 Å². The van der Waals surface area contributed by atoms with Gasteiger partial charge in [0.05, 0.1) is 11.4 Å². The molecular weight excluding hydrogens is 249 g/mol. The van der Waals surface area contributed by atoms with Gasteiger partial charge >= 0.3 is 0 Å². The molecule has 0 bridgehead atoms. The van der Waals surface area contributed by atoms with E-state index in [4.69, 9.17) is 0 Å². The van der Waals surface area contributed by atoms with Crippen LogP contribution in [0.2, 0.25) is 0 Å². The zero-order chi connectivity index (χ0) is 13.0. The van der Waals surface area contributed by atoms with Crippen LogP contribution in [0.4, 0.5) is 3.89 Å². The van der Waals surface area contributed by atoms with Gasteiger partial charge in [-0.2, -0.15) is 0 Å². The predicted octanol–water partition coefficient (Wildman–Crippen LogP) is 3.91. The lowest BCUT2D eigenvalue weighted by Crippen LogP contribution is -1.94. The molecule has 0 aromatic heterocycles. The van der Waals surface area contributed by atoms with E-state index in [0.29, 0.717) is 0 Å². The van der Waals surface area contributed by atoms with Gasteiger partial charge in [-0.1, -0.05) is 48.0 Å². The van der Waals surface area contributed by atoms with Crippen LogP contribution in [0.25, 0.3) is 0 Å². The molecule has 0 amide bonds. The smallest absolute Gasteiger partial charge is 0.211 e. The van der Waals surface area contributed by atoms with Crippen molar-refractivity contribution >= 4 is 10.1 Å². The van der Waals surface area contributed by atoms with Gasteiger partial charge in [-0.15, -0.1) is 3.89 Å². The van der Waals surface area contributed by atoms with E-state index in [-0.39, 0.29) is 11.4 Å².